The third kappa shape index (κ3) is 6.00. The number of rotatable bonds is 9. The van der Waals surface area contributed by atoms with Crippen molar-refractivity contribution in [1.29, 1.82) is 0 Å². The number of amides is 2. The molecular weight excluding hydrogens is 692 g/mol. The minimum Gasteiger partial charge on any atom is -0.504 e. The van der Waals surface area contributed by atoms with Crippen LogP contribution in [0.5, 0.6) is 11.5 Å². The average molecular weight is 725 g/mol. The molecule has 1 aliphatic carbocycles. The van der Waals surface area contributed by atoms with E-state index in [-0.39, 0.29) is 43.0 Å². The second kappa shape index (κ2) is 13.2. The first-order chi connectivity index (χ1) is 21.3. The summed E-state index contributed by atoms with van der Waals surface area (Å²) < 4.78 is 12.2. The molecule has 3 N–H and O–H groups in total. The first kappa shape index (κ1) is 31.0. The number of phenolic OH excluding ortho intramolecular Hbond substituents is 1. The number of phenols is 1. The van der Waals surface area contributed by atoms with Gasteiger partial charge in [-0.2, -0.15) is 0 Å². The lowest BCUT2D eigenvalue weighted by Gasteiger charge is -2.43. The molecule has 3 aliphatic rings. The Hall–Kier alpha value is -2.97. The third-order valence-corrected chi connectivity index (χ3v) is 10.6. The molecule has 2 aromatic carbocycles. The maximum atomic E-state index is 13.8. The third-order valence-electron chi connectivity index (χ3n) is 8.92. The molecule has 0 spiro atoms. The quantitative estimate of drug-likeness (QED) is 0.0893. The number of methoxy groups -OCH3 is 1. The molecule has 0 radical (unpaired) electrons. The molecule has 4 atom stereocenters. The van der Waals surface area contributed by atoms with Crippen molar-refractivity contribution in [2.45, 2.75) is 38.2 Å². The zero-order valence-electron chi connectivity index (χ0n) is 24.2. The van der Waals surface area contributed by atoms with Crippen molar-refractivity contribution >= 4 is 64.5 Å². The Morgan fingerprint density at radius 2 is 1.95 bits per heavy atom. The van der Waals surface area contributed by atoms with Gasteiger partial charge in [0.1, 0.15) is 0 Å². The van der Waals surface area contributed by atoms with Gasteiger partial charge in [-0.1, -0.05) is 42.5 Å². The second-order valence-electron chi connectivity index (χ2n) is 11.4. The molecule has 8 nitrogen and oxygen atoms in total. The molecule has 6 rings (SSSR count). The lowest BCUT2D eigenvalue weighted by molar-refractivity contribution is -0.140. The minimum absolute atomic E-state index is 0.0927. The maximum Gasteiger partial charge on any atom is 0.455 e. The minimum atomic E-state index is -1.09. The van der Waals surface area contributed by atoms with Gasteiger partial charge >= 0.3 is 7.12 Å². The summed E-state index contributed by atoms with van der Waals surface area (Å²) in [5, 5.41) is 33.6. The number of aliphatic hydroxyl groups excluding tert-OH is 1. The highest BCUT2D eigenvalue weighted by Gasteiger charge is 2.57. The van der Waals surface area contributed by atoms with Crippen LogP contribution in [0.1, 0.15) is 35.3 Å². The summed E-state index contributed by atoms with van der Waals surface area (Å²) in [6.07, 6.45) is 3.11. The Morgan fingerprint density at radius 3 is 2.66 bits per heavy atom. The molecule has 2 aliphatic heterocycles. The van der Waals surface area contributed by atoms with Crippen molar-refractivity contribution in [2.24, 2.45) is 17.8 Å². The van der Waals surface area contributed by atoms with Crippen LogP contribution in [-0.2, 0) is 20.8 Å². The second-order valence-corrected chi connectivity index (χ2v) is 13.6. The Kier molecular flexibility index (Phi) is 9.30. The largest absolute Gasteiger partial charge is 0.504 e. The van der Waals surface area contributed by atoms with E-state index in [1.165, 1.54) is 23.3 Å². The van der Waals surface area contributed by atoms with Crippen molar-refractivity contribution in [1.82, 2.24) is 4.90 Å². The fourth-order valence-corrected chi connectivity index (χ4v) is 8.28. The van der Waals surface area contributed by atoms with Gasteiger partial charge in [-0.05, 0) is 106 Å². The summed E-state index contributed by atoms with van der Waals surface area (Å²) in [6, 6.07) is 17.4. The van der Waals surface area contributed by atoms with Crippen molar-refractivity contribution in [2.75, 3.05) is 13.7 Å². The monoisotopic (exact) mass is 725 g/mol. The fraction of sp³-hybridized carbons (Fsp3) is 0.333. The average Bonchev–Trinajstić information content (AvgIpc) is 3.63. The van der Waals surface area contributed by atoms with Gasteiger partial charge in [-0.25, -0.2) is 0 Å². The number of allylic oxidation sites excluding steroid dienone is 1. The van der Waals surface area contributed by atoms with Crippen LogP contribution >= 0.6 is 33.9 Å². The van der Waals surface area contributed by atoms with E-state index in [0.717, 1.165) is 32.7 Å². The molecule has 44 heavy (non-hydrogen) atoms. The highest BCUT2D eigenvalue weighted by Crippen LogP contribution is 2.51. The molecule has 228 valence electrons. The number of carbonyl (C=O) groups is 2. The number of carbonyl (C=O) groups excluding carboxylic acids is 2. The number of imide groups is 1. The van der Waals surface area contributed by atoms with Crippen LogP contribution < -0.4 is 4.74 Å². The number of aromatic hydroxyl groups is 1. The van der Waals surface area contributed by atoms with Crippen LogP contribution in [0.3, 0.4) is 0 Å². The van der Waals surface area contributed by atoms with Crippen molar-refractivity contribution in [3.05, 3.63) is 90.7 Å². The van der Waals surface area contributed by atoms with E-state index in [1.54, 1.807) is 6.07 Å². The van der Waals surface area contributed by atoms with Gasteiger partial charge < -0.3 is 24.6 Å². The lowest BCUT2D eigenvalue weighted by Crippen LogP contribution is -2.46. The van der Waals surface area contributed by atoms with E-state index in [9.17, 15) is 24.8 Å². The first-order valence-electron chi connectivity index (χ1n) is 14.6. The first-order valence-corrected chi connectivity index (χ1v) is 16.6. The summed E-state index contributed by atoms with van der Waals surface area (Å²) in [7, 11) is 0.429. The Labute approximate surface area is 274 Å². The number of fused-ring (bicyclic) bond motifs is 3. The lowest BCUT2D eigenvalue weighted by atomic mass is 9.58. The summed E-state index contributed by atoms with van der Waals surface area (Å²) >= 11 is 3.58. The van der Waals surface area contributed by atoms with Gasteiger partial charge in [0.05, 0.1) is 41.8 Å². The predicted molar refractivity (Wildman–Crippen MR) is 178 cm³/mol. The summed E-state index contributed by atoms with van der Waals surface area (Å²) in [6.45, 7) is 0.0120. The van der Waals surface area contributed by atoms with E-state index in [1.807, 2.05) is 53.9 Å². The molecule has 1 aromatic heterocycles. The SMILES string of the molecule is COc1cc(/C=C(/CC[C@H]2OB(O)C[C@H]3C2=C(CO)C[C@H]2C(=O)N(Cc4cccs4)C(=O)[C@H]23)c2ccccc2)cc(I)c1O. The van der Waals surface area contributed by atoms with Gasteiger partial charge in [-0.3, -0.25) is 14.5 Å². The van der Waals surface area contributed by atoms with Crippen molar-refractivity contribution < 1.29 is 34.2 Å². The molecule has 0 saturated carbocycles. The van der Waals surface area contributed by atoms with Crippen LogP contribution in [0.25, 0.3) is 11.6 Å². The van der Waals surface area contributed by atoms with Gasteiger partial charge in [0.25, 0.3) is 0 Å². The Morgan fingerprint density at radius 1 is 1.16 bits per heavy atom. The standard InChI is InChI=1S/C33H33BINO7S/c1-42-28-14-19(13-26(35)31(28)38)12-21(20-6-3-2-4-7-20)9-10-27-29-22(18-37)15-24-30(25(29)16-34(41)43-27)33(40)36(32(24)39)17-23-8-5-11-44-23/h2-8,11-14,24-25,27,30,37-38,41H,9-10,15-18H2,1H3/b21-12-/t24-,25+,27-,30-/m1/s1. The molecule has 0 bridgehead atoms. The normalized spacial score (nSPS) is 23.7. The van der Waals surface area contributed by atoms with Crippen LogP contribution in [-0.4, -0.2) is 58.9 Å². The predicted octanol–water partition coefficient (Wildman–Crippen LogP) is 5.38. The number of hydrogen-bond acceptors (Lipinski definition) is 8. The zero-order chi connectivity index (χ0) is 31.0. The van der Waals surface area contributed by atoms with E-state index >= 15 is 0 Å². The van der Waals surface area contributed by atoms with Crippen LogP contribution in [0.2, 0.25) is 6.32 Å². The van der Waals surface area contributed by atoms with Crippen LogP contribution in [0.4, 0.5) is 0 Å². The maximum absolute atomic E-state index is 13.8. The van der Waals surface area contributed by atoms with Gasteiger partial charge in [-0.15, -0.1) is 11.3 Å². The molecule has 3 aromatic rings. The fourth-order valence-electron chi connectivity index (χ4n) is 6.96. The molecule has 3 heterocycles. The van der Waals surface area contributed by atoms with Gasteiger partial charge in [0.15, 0.2) is 11.5 Å². The number of benzene rings is 2. The van der Waals surface area contributed by atoms with E-state index in [0.29, 0.717) is 28.6 Å². The number of ether oxygens (including phenoxy) is 1. The summed E-state index contributed by atoms with van der Waals surface area (Å²) in [5.41, 5.74) is 4.48. The van der Waals surface area contributed by atoms with Crippen molar-refractivity contribution in [3.8, 4) is 11.5 Å². The highest BCUT2D eigenvalue weighted by atomic mass is 127. The molecule has 2 fully saturated rings. The molecular formula is C33H33BINO7S. The zero-order valence-corrected chi connectivity index (χ0v) is 27.2. The Balaban J connectivity index is 1.30. The molecule has 2 amide bonds. The van der Waals surface area contributed by atoms with E-state index in [2.05, 4.69) is 28.7 Å². The molecule has 11 heteroatoms. The van der Waals surface area contributed by atoms with E-state index in [4.69, 9.17) is 9.39 Å². The number of aliphatic hydroxyl groups is 1. The smallest absolute Gasteiger partial charge is 0.455 e. The Bertz CT molecular complexity index is 1610. The number of nitrogens with zero attached hydrogens (tertiary/aromatic N) is 1. The number of halogens is 1. The highest BCUT2D eigenvalue weighted by molar-refractivity contribution is 14.1. The summed E-state index contributed by atoms with van der Waals surface area (Å²) in [4.78, 5) is 29.6. The van der Waals surface area contributed by atoms with Crippen LogP contribution in [0, 0.1) is 21.3 Å². The van der Waals surface area contributed by atoms with Crippen molar-refractivity contribution in [3.63, 3.8) is 0 Å². The molecule has 2 saturated heterocycles. The van der Waals surface area contributed by atoms with Crippen LogP contribution in [0.15, 0.2) is 71.1 Å². The van der Waals surface area contributed by atoms with Gasteiger partial charge in [0, 0.05) is 4.88 Å². The van der Waals surface area contributed by atoms with Gasteiger partial charge in [0.2, 0.25) is 11.8 Å². The molecule has 0 unspecified atom stereocenters. The van der Waals surface area contributed by atoms with E-state index < -0.39 is 25.1 Å². The topological polar surface area (TPSA) is 117 Å². The number of hydrogen-bond donors (Lipinski definition) is 3. The summed E-state index contributed by atoms with van der Waals surface area (Å²) in [5.74, 6) is -1.45. The number of likely N-dealkylation sites (tertiary alicyclic amines) is 1. The number of thiophene rings is 1.